The second-order valence-electron chi connectivity index (χ2n) is 5.08. The Bertz CT molecular complexity index is 403. The topological polar surface area (TPSA) is 26.3 Å². The van der Waals surface area contributed by atoms with Crippen LogP contribution in [0.15, 0.2) is 18.2 Å². The first-order valence-electron chi connectivity index (χ1n) is 6.30. The lowest BCUT2D eigenvalue weighted by molar-refractivity contribution is -0.119. The molecule has 0 saturated carbocycles. The molecular formula is C15H20O2. The summed E-state index contributed by atoms with van der Waals surface area (Å²) in [6.07, 6.45) is 2.29. The summed E-state index contributed by atoms with van der Waals surface area (Å²) in [6, 6.07) is 6.31. The van der Waals surface area contributed by atoms with Crippen molar-refractivity contribution in [2.75, 3.05) is 13.2 Å². The third-order valence-electron chi connectivity index (χ3n) is 3.43. The van der Waals surface area contributed by atoms with Gasteiger partial charge in [-0.15, -0.1) is 0 Å². The zero-order valence-corrected chi connectivity index (χ0v) is 10.7. The van der Waals surface area contributed by atoms with Gasteiger partial charge in [0, 0.05) is 26.1 Å². The Labute approximate surface area is 103 Å². The average Bonchev–Trinajstić information content (AvgIpc) is 2.76. The van der Waals surface area contributed by atoms with Gasteiger partial charge in [0.05, 0.1) is 0 Å². The quantitative estimate of drug-likeness (QED) is 0.798. The third kappa shape index (κ3) is 3.40. The molecule has 0 spiro atoms. The molecule has 17 heavy (non-hydrogen) atoms. The maximum Gasteiger partial charge on any atom is 0.137 e. The summed E-state index contributed by atoms with van der Waals surface area (Å²) in [5.41, 5.74) is 3.61. The molecule has 1 aromatic carbocycles. The van der Waals surface area contributed by atoms with E-state index in [0.29, 0.717) is 24.5 Å². The molecule has 0 aromatic heterocycles. The highest BCUT2D eigenvalue weighted by atomic mass is 16.5. The first kappa shape index (κ1) is 12.3. The Hall–Kier alpha value is -1.15. The van der Waals surface area contributed by atoms with Crippen molar-refractivity contribution in [2.45, 2.75) is 33.1 Å². The zero-order chi connectivity index (χ0) is 12.3. The van der Waals surface area contributed by atoms with E-state index in [4.69, 9.17) is 4.74 Å². The summed E-state index contributed by atoms with van der Waals surface area (Å²) >= 11 is 0. The van der Waals surface area contributed by atoms with Gasteiger partial charge in [0.15, 0.2) is 0 Å². The lowest BCUT2D eigenvalue weighted by Crippen LogP contribution is -2.11. The first-order valence-corrected chi connectivity index (χ1v) is 6.30. The molecule has 1 aromatic rings. The van der Waals surface area contributed by atoms with Crippen LogP contribution in [0.25, 0.3) is 0 Å². The van der Waals surface area contributed by atoms with Gasteiger partial charge in [-0.2, -0.15) is 0 Å². The molecule has 2 heteroatoms. The van der Waals surface area contributed by atoms with Gasteiger partial charge in [-0.25, -0.2) is 0 Å². The van der Waals surface area contributed by atoms with Crippen LogP contribution in [0.5, 0.6) is 0 Å². The Kier molecular flexibility index (Phi) is 3.95. The first-order chi connectivity index (χ1) is 8.15. The predicted octanol–water partition coefficient (Wildman–Crippen LogP) is 2.84. The number of benzene rings is 1. The molecule has 0 N–H and O–H groups in total. The van der Waals surface area contributed by atoms with Gasteiger partial charge in [-0.3, -0.25) is 4.79 Å². The molecule has 2 rings (SSSR count). The SMILES string of the molecule is Cc1ccc(C)c(CC(=O)CC2CCOC2)c1. The van der Waals surface area contributed by atoms with E-state index in [1.165, 1.54) is 16.7 Å². The molecule has 0 radical (unpaired) electrons. The number of aryl methyl sites for hydroxylation is 2. The van der Waals surface area contributed by atoms with E-state index in [9.17, 15) is 4.79 Å². The monoisotopic (exact) mass is 232 g/mol. The minimum Gasteiger partial charge on any atom is -0.381 e. The number of hydrogen-bond acceptors (Lipinski definition) is 2. The van der Waals surface area contributed by atoms with Gasteiger partial charge in [-0.05, 0) is 37.3 Å². The number of ether oxygens (including phenoxy) is 1. The van der Waals surface area contributed by atoms with Gasteiger partial charge in [0.2, 0.25) is 0 Å². The highest BCUT2D eigenvalue weighted by Gasteiger charge is 2.19. The van der Waals surface area contributed by atoms with E-state index in [2.05, 4.69) is 32.0 Å². The molecule has 0 amide bonds. The molecular weight excluding hydrogens is 212 g/mol. The molecule has 1 atom stereocenters. The van der Waals surface area contributed by atoms with Crippen LogP contribution in [0.4, 0.5) is 0 Å². The Morgan fingerprint density at radius 2 is 2.24 bits per heavy atom. The molecule has 2 nitrogen and oxygen atoms in total. The van der Waals surface area contributed by atoms with E-state index >= 15 is 0 Å². The van der Waals surface area contributed by atoms with E-state index in [0.717, 1.165) is 19.6 Å². The van der Waals surface area contributed by atoms with Gasteiger partial charge in [0.25, 0.3) is 0 Å². The van der Waals surface area contributed by atoms with Crippen molar-refractivity contribution in [3.63, 3.8) is 0 Å². The average molecular weight is 232 g/mol. The Morgan fingerprint density at radius 1 is 1.41 bits per heavy atom. The molecule has 1 unspecified atom stereocenters. The van der Waals surface area contributed by atoms with E-state index in [1.807, 2.05) is 0 Å². The lowest BCUT2D eigenvalue weighted by atomic mass is 9.95. The maximum absolute atomic E-state index is 12.0. The highest BCUT2D eigenvalue weighted by Crippen LogP contribution is 2.19. The number of carbonyl (C=O) groups is 1. The van der Waals surface area contributed by atoms with Gasteiger partial charge >= 0.3 is 0 Å². The van der Waals surface area contributed by atoms with Crippen LogP contribution in [0.2, 0.25) is 0 Å². The number of Topliss-reactive ketones (excluding diaryl/α,β-unsaturated/α-hetero) is 1. The van der Waals surface area contributed by atoms with Crippen molar-refractivity contribution in [1.29, 1.82) is 0 Å². The van der Waals surface area contributed by atoms with Crippen molar-refractivity contribution in [3.05, 3.63) is 34.9 Å². The fourth-order valence-electron chi connectivity index (χ4n) is 2.34. The summed E-state index contributed by atoms with van der Waals surface area (Å²) in [5.74, 6) is 0.793. The minimum atomic E-state index is 0.342. The summed E-state index contributed by atoms with van der Waals surface area (Å²) < 4.78 is 5.30. The van der Waals surface area contributed by atoms with Crippen molar-refractivity contribution in [2.24, 2.45) is 5.92 Å². The molecule has 1 aliphatic rings. The van der Waals surface area contributed by atoms with Crippen LogP contribution in [0.1, 0.15) is 29.5 Å². The van der Waals surface area contributed by atoms with Crippen molar-refractivity contribution >= 4 is 5.78 Å². The van der Waals surface area contributed by atoms with Crippen molar-refractivity contribution < 1.29 is 9.53 Å². The third-order valence-corrected chi connectivity index (χ3v) is 3.43. The molecule has 1 aliphatic heterocycles. The smallest absolute Gasteiger partial charge is 0.137 e. The number of hydrogen-bond donors (Lipinski definition) is 0. The van der Waals surface area contributed by atoms with E-state index < -0.39 is 0 Å². The Morgan fingerprint density at radius 3 is 2.94 bits per heavy atom. The van der Waals surface area contributed by atoms with Gasteiger partial charge in [0.1, 0.15) is 5.78 Å². The minimum absolute atomic E-state index is 0.342. The van der Waals surface area contributed by atoms with Gasteiger partial charge < -0.3 is 4.74 Å². The van der Waals surface area contributed by atoms with Gasteiger partial charge in [-0.1, -0.05) is 23.8 Å². The molecule has 0 aliphatic carbocycles. The van der Waals surface area contributed by atoms with E-state index in [1.54, 1.807) is 0 Å². The van der Waals surface area contributed by atoms with Crippen LogP contribution < -0.4 is 0 Å². The fraction of sp³-hybridized carbons (Fsp3) is 0.533. The summed E-state index contributed by atoms with van der Waals surface area (Å²) in [4.78, 5) is 12.0. The van der Waals surface area contributed by atoms with Crippen molar-refractivity contribution in [3.8, 4) is 0 Å². The Balaban J connectivity index is 1.95. The largest absolute Gasteiger partial charge is 0.381 e. The van der Waals surface area contributed by atoms with Crippen LogP contribution in [0, 0.1) is 19.8 Å². The molecule has 1 fully saturated rings. The number of rotatable bonds is 4. The molecule has 92 valence electrons. The number of ketones is 1. The maximum atomic E-state index is 12.0. The summed E-state index contributed by atoms with van der Waals surface area (Å²) in [5, 5.41) is 0. The standard InChI is InChI=1S/C15H20O2/c1-11-3-4-12(2)14(7-11)9-15(16)8-13-5-6-17-10-13/h3-4,7,13H,5-6,8-10H2,1-2H3. The van der Waals surface area contributed by atoms with E-state index in [-0.39, 0.29) is 0 Å². The zero-order valence-electron chi connectivity index (χ0n) is 10.7. The van der Waals surface area contributed by atoms with Crippen molar-refractivity contribution in [1.82, 2.24) is 0 Å². The number of carbonyl (C=O) groups excluding carboxylic acids is 1. The predicted molar refractivity (Wildman–Crippen MR) is 68.2 cm³/mol. The highest BCUT2D eigenvalue weighted by molar-refractivity contribution is 5.81. The van der Waals surface area contributed by atoms with Crippen LogP contribution in [-0.2, 0) is 16.0 Å². The summed E-state index contributed by atoms with van der Waals surface area (Å²) in [7, 11) is 0. The van der Waals surface area contributed by atoms with Crippen LogP contribution in [-0.4, -0.2) is 19.0 Å². The molecule has 0 bridgehead atoms. The normalized spacial score (nSPS) is 19.5. The summed E-state index contributed by atoms with van der Waals surface area (Å²) in [6.45, 7) is 5.72. The van der Waals surface area contributed by atoms with Crippen LogP contribution >= 0.6 is 0 Å². The fourth-order valence-corrected chi connectivity index (χ4v) is 2.34. The van der Waals surface area contributed by atoms with Crippen LogP contribution in [0.3, 0.4) is 0 Å². The molecule has 1 heterocycles. The lowest BCUT2D eigenvalue weighted by Gasteiger charge is -2.09. The molecule has 1 saturated heterocycles. The second-order valence-corrected chi connectivity index (χ2v) is 5.08. The second kappa shape index (κ2) is 5.46.